The lowest BCUT2D eigenvalue weighted by Crippen LogP contribution is -2.22. The Balaban J connectivity index is 2.22. The van der Waals surface area contributed by atoms with E-state index in [0.717, 1.165) is 11.3 Å². The van der Waals surface area contributed by atoms with Gasteiger partial charge in [0.15, 0.2) is 4.80 Å². The molecule has 1 heterocycles. The number of nitrogens with zero attached hydrogens (tertiary/aromatic N) is 2. The van der Waals surface area contributed by atoms with Crippen molar-refractivity contribution in [2.24, 2.45) is 10.1 Å². The number of aromatic nitrogens is 1. The molecule has 0 aliphatic carbocycles. The third-order valence-electron chi connectivity index (χ3n) is 3.80. The van der Waals surface area contributed by atoms with Crippen molar-refractivity contribution in [3.05, 3.63) is 57.9 Å². The smallest absolute Gasteiger partial charge is 0.325 e. The highest BCUT2D eigenvalue weighted by molar-refractivity contribution is 7.89. The number of amides is 1. The lowest BCUT2D eigenvalue weighted by molar-refractivity contribution is -0.141. The number of fused-ring (bicyclic) bond motifs is 1. The Kier molecular flexibility index (Phi) is 5.66. The van der Waals surface area contributed by atoms with E-state index in [9.17, 15) is 18.0 Å². The first-order chi connectivity index (χ1) is 13.2. The molecule has 2 N–H and O–H groups in total. The van der Waals surface area contributed by atoms with Crippen LogP contribution in [-0.2, 0) is 26.1 Å². The average molecular weight is 440 g/mol. The molecule has 3 aromatic rings. The van der Waals surface area contributed by atoms with Crippen LogP contribution in [0.1, 0.15) is 10.4 Å². The van der Waals surface area contributed by atoms with Gasteiger partial charge in [-0.3, -0.25) is 9.59 Å². The maximum Gasteiger partial charge on any atom is 0.325 e. The van der Waals surface area contributed by atoms with Crippen molar-refractivity contribution in [3.8, 4) is 0 Å². The lowest BCUT2D eigenvalue weighted by atomic mass is 10.2. The number of methoxy groups -OCH3 is 1. The van der Waals surface area contributed by atoms with Crippen molar-refractivity contribution >= 4 is 55.1 Å². The van der Waals surface area contributed by atoms with E-state index in [0.29, 0.717) is 10.2 Å². The number of sulfonamides is 1. The van der Waals surface area contributed by atoms with Gasteiger partial charge in [-0.25, -0.2) is 13.6 Å². The van der Waals surface area contributed by atoms with Gasteiger partial charge in [0.2, 0.25) is 10.0 Å². The van der Waals surface area contributed by atoms with Crippen LogP contribution in [-0.4, -0.2) is 32.0 Å². The topological polar surface area (TPSA) is 121 Å². The molecular weight excluding hydrogens is 426 g/mol. The summed E-state index contributed by atoms with van der Waals surface area (Å²) in [4.78, 5) is 28.5. The van der Waals surface area contributed by atoms with E-state index in [4.69, 9.17) is 21.5 Å². The molecule has 0 unspecified atom stereocenters. The minimum absolute atomic E-state index is 0.0875. The predicted molar refractivity (Wildman–Crippen MR) is 105 cm³/mol. The summed E-state index contributed by atoms with van der Waals surface area (Å²) in [7, 11) is -2.67. The van der Waals surface area contributed by atoms with Crippen LogP contribution in [0.15, 0.2) is 52.4 Å². The Hall–Kier alpha value is -2.53. The molecule has 1 amide bonds. The quantitative estimate of drug-likeness (QED) is 0.622. The molecule has 0 spiro atoms. The number of esters is 1. The summed E-state index contributed by atoms with van der Waals surface area (Å²) >= 11 is 7.08. The Morgan fingerprint density at radius 2 is 1.96 bits per heavy atom. The van der Waals surface area contributed by atoms with E-state index in [-0.39, 0.29) is 26.8 Å². The fourth-order valence-corrected chi connectivity index (χ4v) is 4.34. The first-order valence-electron chi connectivity index (χ1n) is 7.77. The van der Waals surface area contributed by atoms with Gasteiger partial charge >= 0.3 is 5.97 Å². The molecule has 3 rings (SSSR count). The number of ether oxygens (including phenoxy) is 1. The summed E-state index contributed by atoms with van der Waals surface area (Å²) < 4.78 is 29.9. The number of primary sulfonamides is 1. The molecule has 0 aliphatic heterocycles. The minimum Gasteiger partial charge on any atom is -0.468 e. The van der Waals surface area contributed by atoms with Gasteiger partial charge in [-0.15, -0.1) is 0 Å². The third-order valence-corrected chi connectivity index (χ3v) is 6.08. The third kappa shape index (κ3) is 4.14. The van der Waals surface area contributed by atoms with Crippen LogP contribution < -0.4 is 9.94 Å². The molecule has 0 saturated carbocycles. The fraction of sp³-hybridized carbons (Fsp3) is 0.118. The molecule has 8 nitrogen and oxygen atoms in total. The Bertz CT molecular complexity index is 1260. The Morgan fingerprint density at radius 3 is 2.61 bits per heavy atom. The fourth-order valence-electron chi connectivity index (χ4n) is 2.44. The molecule has 11 heteroatoms. The van der Waals surface area contributed by atoms with Crippen LogP contribution in [0.25, 0.3) is 10.2 Å². The molecular formula is C17H14ClN3O5S2. The highest BCUT2D eigenvalue weighted by Gasteiger charge is 2.16. The molecule has 0 aliphatic rings. The number of benzene rings is 2. The molecule has 28 heavy (non-hydrogen) atoms. The van der Waals surface area contributed by atoms with Gasteiger partial charge in [-0.1, -0.05) is 35.1 Å². The first kappa shape index (κ1) is 20.2. The van der Waals surface area contributed by atoms with E-state index < -0.39 is 21.9 Å². The van der Waals surface area contributed by atoms with E-state index in [1.807, 2.05) is 0 Å². The molecule has 146 valence electrons. The summed E-state index contributed by atoms with van der Waals surface area (Å²) in [5.41, 5.74) is 0.713. The standard InChI is InChI=1S/C17H14ClN3O5S2/c1-26-15(22)9-21-13-7-6-10(28(19,24)25)8-14(13)27-17(21)20-16(23)11-4-2-3-5-12(11)18/h2-8H,9H2,1H3,(H2,19,24,25). The highest BCUT2D eigenvalue weighted by Crippen LogP contribution is 2.22. The number of rotatable bonds is 4. The van der Waals surface area contributed by atoms with Crippen molar-refractivity contribution < 1.29 is 22.7 Å². The summed E-state index contributed by atoms with van der Waals surface area (Å²) in [6.07, 6.45) is 0. The number of hydrogen-bond donors (Lipinski definition) is 1. The van der Waals surface area contributed by atoms with Crippen molar-refractivity contribution in [3.63, 3.8) is 0 Å². The van der Waals surface area contributed by atoms with Crippen molar-refractivity contribution in [2.45, 2.75) is 11.4 Å². The van der Waals surface area contributed by atoms with Crippen LogP contribution in [0, 0.1) is 0 Å². The van der Waals surface area contributed by atoms with Crippen LogP contribution in [0.3, 0.4) is 0 Å². The monoisotopic (exact) mass is 439 g/mol. The van der Waals surface area contributed by atoms with Gasteiger partial charge in [0.05, 0.1) is 32.8 Å². The normalized spacial score (nSPS) is 12.3. The molecule has 0 fully saturated rings. The Labute approximate surface area is 168 Å². The lowest BCUT2D eigenvalue weighted by Gasteiger charge is -2.04. The molecule has 0 saturated heterocycles. The van der Waals surface area contributed by atoms with E-state index in [1.165, 1.54) is 35.9 Å². The van der Waals surface area contributed by atoms with Gasteiger partial charge in [-0.05, 0) is 30.3 Å². The second-order valence-electron chi connectivity index (χ2n) is 5.62. The zero-order chi connectivity index (χ0) is 20.5. The van der Waals surface area contributed by atoms with E-state index in [2.05, 4.69) is 4.99 Å². The molecule has 0 bridgehead atoms. The molecule has 2 aromatic carbocycles. The van der Waals surface area contributed by atoms with Crippen molar-refractivity contribution in [1.82, 2.24) is 4.57 Å². The predicted octanol–water partition coefficient (Wildman–Crippen LogP) is 1.92. The second-order valence-corrected chi connectivity index (χ2v) is 8.60. The van der Waals surface area contributed by atoms with Gasteiger partial charge in [-0.2, -0.15) is 4.99 Å². The second kappa shape index (κ2) is 7.84. The molecule has 1 aromatic heterocycles. The zero-order valence-corrected chi connectivity index (χ0v) is 16.8. The number of carbonyl (C=O) groups excluding carboxylic acids is 2. The van der Waals surface area contributed by atoms with Crippen LogP contribution in [0.2, 0.25) is 5.02 Å². The van der Waals surface area contributed by atoms with Crippen molar-refractivity contribution in [1.29, 1.82) is 0 Å². The van der Waals surface area contributed by atoms with Gasteiger partial charge in [0.1, 0.15) is 6.54 Å². The number of nitrogens with two attached hydrogens (primary N) is 1. The van der Waals surface area contributed by atoms with E-state index >= 15 is 0 Å². The molecule has 0 radical (unpaired) electrons. The number of hydrogen-bond acceptors (Lipinski definition) is 6. The largest absolute Gasteiger partial charge is 0.468 e. The van der Waals surface area contributed by atoms with Gasteiger partial charge < -0.3 is 9.30 Å². The summed E-state index contributed by atoms with van der Waals surface area (Å²) in [6.45, 7) is -0.208. The summed E-state index contributed by atoms with van der Waals surface area (Å²) in [6, 6.07) is 10.6. The number of halogens is 1. The number of thiazole rings is 1. The maximum absolute atomic E-state index is 12.6. The summed E-state index contributed by atoms with van der Waals surface area (Å²) in [5.74, 6) is -1.15. The summed E-state index contributed by atoms with van der Waals surface area (Å²) in [5, 5.41) is 5.42. The highest BCUT2D eigenvalue weighted by atomic mass is 35.5. The average Bonchev–Trinajstić information content (AvgIpc) is 2.97. The van der Waals surface area contributed by atoms with Crippen LogP contribution in [0.5, 0.6) is 0 Å². The van der Waals surface area contributed by atoms with E-state index in [1.54, 1.807) is 18.2 Å². The Morgan fingerprint density at radius 1 is 1.25 bits per heavy atom. The minimum atomic E-state index is -3.91. The van der Waals surface area contributed by atoms with Crippen LogP contribution >= 0.6 is 22.9 Å². The van der Waals surface area contributed by atoms with Gasteiger partial charge in [0, 0.05) is 0 Å². The first-order valence-corrected chi connectivity index (χ1v) is 10.5. The SMILES string of the molecule is COC(=O)Cn1c(=NC(=O)c2ccccc2Cl)sc2cc(S(N)(=O)=O)ccc21. The van der Waals surface area contributed by atoms with Crippen LogP contribution in [0.4, 0.5) is 0 Å². The van der Waals surface area contributed by atoms with Gasteiger partial charge in [0.25, 0.3) is 5.91 Å². The van der Waals surface area contributed by atoms with Crippen molar-refractivity contribution in [2.75, 3.05) is 7.11 Å². The zero-order valence-electron chi connectivity index (χ0n) is 14.5. The number of carbonyl (C=O) groups is 2. The molecule has 0 atom stereocenters. The maximum atomic E-state index is 12.6.